The van der Waals surface area contributed by atoms with E-state index in [0.29, 0.717) is 13.0 Å². The van der Waals surface area contributed by atoms with Crippen LogP contribution in [0.1, 0.15) is 24.3 Å². The molecule has 1 saturated heterocycles. The van der Waals surface area contributed by atoms with Gasteiger partial charge in [0, 0.05) is 0 Å². The zero-order valence-corrected chi connectivity index (χ0v) is 11.9. The molecule has 0 aromatic heterocycles. The highest BCUT2D eigenvalue weighted by molar-refractivity contribution is 7.91. The molecular formula is C13H17ClO3S. The average molecular weight is 289 g/mol. The average Bonchev–Trinajstić information content (AvgIpc) is 2.70. The van der Waals surface area contributed by atoms with Crippen LogP contribution in [0.25, 0.3) is 0 Å². The van der Waals surface area contributed by atoms with E-state index >= 15 is 0 Å². The van der Waals surface area contributed by atoms with Crippen molar-refractivity contribution >= 4 is 21.4 Å². The molecule has 1 aliphatic heterocycles. The number of ether oxygens (including phenoxy) is 1. The van der Waals surface area contributed by atoms with Crippen LogP contribution >= 0.6 is 11.6 Å². The number of halogens is 1. The van der Waals surface area contributed by atoms with Crippen molar-refractivity contribution in [3.05, 3.63) is 29.8 Å². The number of rotatable bonds is 4. The standard InChI is InChI=1S/C13H17ClO3S/c1-2-17-12-5-3-4-10(8-12)13(14)11-6-7-18(15,16)9-11/h3-5,8,11,13H,2,6-7,9H2,1H3. The quantitative estimate of drug-likeness (QED) is 0.800. The topological polar surface area (TPSA) is 43.4 Å². The van der Waals surface area contributed by atoms with Gasteiger partial charge in [0.1, 0.15) is 5.75 Å². The number of hydrogen-bond donors (Lipinski definition) is 0. The summed E-state index contributed by atoms with van der Waals surface area (Å²) in [6, 6.07) is 7.58. The number of benzene rings is 1. The fraction of sp³-hybridized carbons (Fsp3) is 0.538. The Bertz CT molecular complexity index is 513. The van der Waals surface area contributed by atoms with E-state index in [0.717, 1.165) is 11.3 Å². The highest BCUT2D eigenvalue weighted by Crippen LogP contribution is 2.37. The van der Waals surface area contributed by atoms with Crippen LogP contribution in [0.5, 0.6) is 5.75 Å². The van der Waals surface area contributed by atoms with Crippen molar-refractivity contribution in [2.45, 2.75) is 18.7 Å². The Kier molecular flexibility index (Phi) is 4.17. The molecular weight excluding hydrogens is 272 g/mol. The Labute approximate surface area is 113 Å². The molecule has 100 valence electrons. The Morgan fingerprint density at radius 1 is 1.50 bits per heavy atom. The third kappa shape index (κ3) is 3.18. The summed E-state index contributed by atoms with van der Waals surface area (Å²) in [5.41, 5.74) is 0.935. The molecule has 1 fully saturated rings. The maximum atomic E-state index is 11.5. The van der Waals surface area contributed by atoms with Gasteiger partial charge in [0.05, 0.1) is 23.5 Å². The Balaban J connectivity index is 2.13. The molecule has 2 unspecified atom stereocenters. The molecule has 0 saturated carbocycles. The summed E-state index contributed by atoms with van der Waals surface area (Å²) in [4.78, 5) is 0. The summed E-state index contributed by atoms with van der Waals surface area (Å²) < 4.78 is 28.3. The molecule has 1 aromatic rings. The van der Waals surface area contributed by atoms with E-state index in [9.17, 15) is 8.42 Å². The maximum Gasteiger partial charge on any atom is 0.150 e. The Morgan fingerprint density at radius 3 is 2.89 bits per heavy atom. The van der Waals surface area contributed by atoms with Gasteiger partial charge in [-0.25, -0.2) is 8.42 Å². The lowest BCUT2D eigenvalue weighted by molar-refractivity contribution is 0.339. The summed E-state index contributed by atoms with van der Waals surface area (Å²) in [6.07, 6.45) is 0.648. The minimum Gasteiger partial charge on any atom is -0.494 e. The Morgan fingerprint density at radius 2 is 2.28 bits per heavy atom. The van der Waals surface area contributed by atoms with Crippen molar-refractivity contribution in [1.82, 2.24) is 0 Å². The normalized spacial score (nSPS) is 23.8. The smallest absolute Gasteiger partial charge is 0.150 e. The summed E-state index contributed by atoms with van der Waals surface area (Å²) in [7, 11) is -2.88. The van der Waals surface area contributed by atoms with Crippen molar-refractivity contribution in [2.75, 3.05) is 18.1 Å². The molecule has 0 N–H and O–H groups in total. The zero-order chi connectivity index (χ0) is 13.2. The molecule has 18 heavy (non-hydrogen) atoms. The minimum absolute atomic E-state index is 0.00791. The number of sulfone groups is 1. The highest BCUT2D eigenvalue weighted by atomic mass is 35.5. The minimum atomic E-state index is -2.88. The van der Waals surface area contributed by atoms with Crippen molar-refractivity contribution in [1.29, 1.82) is 0 Å². The van der Waals surface area contributed by atoms with Crippen LogP contribution in [0.15, 0.2) is 24.3 Å². The van der Waals surface area contributed by atoms with Crippen LogP contribution < -0.4 is 4.74 Å². The lowest BCUT2D eigenvalue weighted by Crippen LogP contribution is -2.10. The van der Waals surface area contributed by atoms with Crippen molar-refractivity contribution < 1.29 is 13.2 Å². The van der Waals surface area contributed by atoms with Gasteiger partial charge in [-0.3, -0.25) is 0 Å². The fourth-order valence-electron chi connectivity index (χ4n) is 2.27. The van der Waals surface area contributed by atoms with E-state index in [1.54, 1.807) is 0 Å². The molecule has 0 amide bonds. The van der Waals surface area contributed by atoms with Gasteiger partial charge in [-0.2, -0.15) is 0 Å². The van der Waals surface area contributed by atoms with Crippen LogP contribution in [0.3, 0.4) is 0 Å². The third-order valence-electron chi connectivity index (χ3n) is 3.17. The first-order chi connectivity index (χ1) is 8.52. The number of hydrogen-bond acceptors (Lipinski definition) is 3. The first-order valence-electron chi connectivity index (χ1n) is 6.09. The van der Waals surface area contributed by atoms with E-state index in [1.807, 2.05) is 31.2 Å². The van der Waals surface area contributed by atoms with Crippen LogP contribution in [-0.4, -0.2) is 26.5 Å². The van der Waals surface area contributed by atoms with E-state index < -0.39 is 9.84 Å². The van der Waals surface area contributed by atoms with E-state index in [-0.39, 0.29) is 22.8 Å². The van der Waals surface area contributed by atoms with Crippen LogP contribution in [0.4, 0.5) is 0 Å². The van der Waals surface area contributed by atoms with E-state index in [2.05, 4.69) is 0 Å². The van der Waals surface area contributed by atoms with Crippen molar-refractivity contribution in [3.63, 3.8) is 0 Å². The van der Waals surface area contributed by atoms with Crippen molar-refractivity contribution in [2.24, 2.45) is 5.92 Å². The molecule has 2 atom stereocenters. The molecule has 5 heteroatoms. The molecule has 0 bridgehead atoms. The van der Waals surface area contributed by atoms with Gasteiger partial charge >= 0.3 is 0 Å². The van der Waals surface area contributed by atoms with E-state index in [4.69, 9.17) is 16.3 Å². The van der Waals surface area contributed by atoms with Gasteiger partial charge in [-0.1, -0.05) is 12.1 Å². The van der Waals surface area contributed by atoms with Gasteiger partial charge in [-0.15, -0.1) is 11.6 Å². The van der Waals surface area contributed by atoms with E-state index in [1.165, 1.54) is 0 Å². The van der Waals surface area contributed by atoms with Crippen LogP contribution in [0, 0.1) is 5.92 Å². The molecule has 1 aromatic carbocycles. The predicted octanol–water partition coefficient (Wildman–Crippen LogP) is 2.80. The highest BCUT2D eigenvalue weighted by Gasteiger charge is 2.33. The Hall–Kier alpha value is -0.740. The molecule has 3 nitrogen and oxygen atoms in total. The molecule has 1 heterocycles. The second kappa shape index (κ2) is 5.49. The molecule has 0 radical (unpaired) electrons. The van der Waals surface area contributed by atoms with Gasteiger partial charge < -0.3 is 4.74 Å². The zero-order valence-electron chi connectivity index (χ0n) is 10.3. The summed E-state index contributed by atoms with van der Waals surface area (Å²) >= 11 is 6.39. The molecule has 1 aliphatic rings. The van der Waals surface area contributed by atoms with Crippen LogP contribution in [0.2, 0.25) is 0 Å². The SMILES string of the molecule is CCOc1cccc(C(Cl)C2CCS(=O)(=O)C2)c1. The lowest BCUT2D eigenvalue weighted by atomic mass is 9.98. The first-order valence-corrected chi connectivity index (χ1v) is 8.35. The van der Waals surface area contributed by atoms with Gasteiger partial charge in [-0.05, 0) is 37.0 Å². The van der Waals surface area contributed by atoms with Gasteiger partial charge in [0.25, 0.3) is 0 Å². The second-order valence-electron chi connectivity index (χ2n) is 4.57. The van der Waals surface area contributed by atoms with Crippen LogP contribution in [-0.2, 0) is 9.84 Å². The van der Waals surface area contributed by atoms with Gasteiger partial charge in [0.2, 0.25) is 0 Å². The molecule has 0 aliphatic carbocycles. The largest absolute Gasteiger partial charge is 0.494 e. The predicted molar refractivity (Wildman–Crippen MR) is 73.0 cm³/mol. The van der Waals surface area contributed by atoms with Gasteiger partial charge in [0.15, 0.2) is 9.84 Å². The monoisotopic (exact) mass is 288 g/mol. The van der Waals surface area contributed by atoms with Crippen molar-refractivity contribution in [3.8, 4) is 5.75 Å². The second-order valence-corrected chi connectivity index (χ2v) is 7.27. The first kappa shape index (κ1) is 13.7. The molecule has 2 rings (SSSR count). The summed E-state index contributed by atoms with van der Waals surface area (Å²) in [5.74, 6) is 1.24. The third-order valence-corrected chi connectivity index (χ3v) is 5.57. The summed E-state index contributed by atoms with van der Waals surface area (Å²) in [6.45, 7) is 2.53. The summed E-state index contributed by atoms with van der Waals surface area (Å²) in [5, 5.41) is -0.261. The maximum absolute atomic E-state index is 11.5. The molecule has 0 spiro atoms. The lowest BCUT2D eigenvalue weighted by Gasteiger charge is -2.16. The fourth-order valence-corrected chi connectivity index (χ4v) is 4.57. The number of alkyl halides is 1.